The summed E-state index contributed by atoms with van der Waals surface area (Å²) in [4.78, 5) is 52.6. The Hall–Kier alpha value is -3.97. The second kappa shape index (κ2) is 10.6. The van der Waals surface area contributed by atoms with E-state index in [4.69, 9.17) is 16.3 Å². The third kappa shape index (κ3) is 5.13. The zero-order chi connectivity index (χ0) is 25.9. The standard InChI is InChI=1S/C29H25ClN2O5/c30-24-11-4-5-12-25(24)31-26(33)17-37-29(36)20-9-6-10-21(15-20)32-27(34)22-14-13-19(16-23(22)28(32)35)18-7-2-1-3-8-18/h1-12,15,19,22-23H,13-14,16-17H2,(H,31,33)/t19-,22-,23-/m1/s1. The summed E-state index contributed by atoms with van der Waals surface area (Å²) in [5.41, 5.74) is 2.06. The molecule has 37 heavy (non-hydrogen) atoms. The van der Waals surface area contributed by atoms with Gasteiger partial charge in [0, 0.05) is 0 Å². The first-order valence-corrected chi connectivity index (χ1v) is 12.5. The Morgan fingerprint density at radius 1 is 0.892 bits per heavy atom. The van der Waals surface area contributed by atoms with Crippen LogP contribution in [-0.4, -0.2) is 30.3 Å². The minimum atomic E-state index is -0.739. The molecule has 8 heteroatoms. The molecule has 3 amide bonds. The number of hydrogen-bond donors (Lipinski definition) is 1. The van der Waals surface area contributed by atoms with Crippen LogP contribution >= 0.6 is 11.6 Å². The number of imide groups is 1. The quantitative estimate of drug-likeness (QED) is 0.358. The molecule has 1 saturated carbocycles. The van der Waals surface area contributed by atoms with Crippen LogP contribution in [-0.2, 0) is 19.1 Å². The number of amides is 3. The van der Waals surface area contributed by atoms with Crippen molar-refractivity contribution in [1.29, 1.82) is 0 Å². The number of esters is 1. The number of benzene rings is 3. The Kier molecular flexibility index (Phi) is 7.06. The lowest BCUT2D eigenvalue weighted by Gasteiger charge is -2.28. The Morgan fingerprint density at radius 2 is 1.62 bits per heavy atom. The molecule has 0 spiro atoms. The van der Waals surface area contributed by atoms with Crippen molar-refractivity contribution < 1.29 is 23.9 Å². The van der Waals surface area contributed by atoms with Gasteiger partial charge < -0.3 is 10.1 Å². The van der Waals surface area contributed by atoms with Gasteiger partial charge in [-0.1, -0.05) is 60.1 Å². The van der Waals surface area contributed by atoms with Gasteiger partial charge in [-0.15, -0.1) is 0 Å². The average Bonchev–Trinajstić information content (AvgIpc) is 3.18. The zero-order valence-electron chi connectivity index (χ0n) is 19.9. The molecule has 3 aromatic rings. The van der Waals surface area contributed by atoms with Crippen molar-refractivity contribution >= 4 is 46.7 Å². The van der Waals surface area contributed by atoms with Crippen LogP contribution in [0.3, 0.4) is 0 Å². The number of halogens is 1. The monoisotopic (exact) mass is 516 g/mol. The van der Waals surface area contributed by atoms with Gasteiger partial charge in [-0.2, -0.15) is 0 Å². The molecule has 1 N–H and O–H groups in total. The maximum absolute atomic E-state index is 13.3. The first-order chi connectivity index (χ1) is 17.9. The molecule has 0 aromatic heterocycles. The first kappa shape index (κ1) is 24.7. The normalized spacial score (nSPS) is 20.9. The summed E-state index contributed by atoms with van der Waals surface area (Å²) in [5.74, 6) is -2.24. The van der Waals surface area contributed by atoms with Crippen LogP contribution in [0.1, 0.15) is 41.1 Å². The second-order valence-electron chi connectivity index (χ2n) is 9.30. The average molecular weight is 517 g/mol. The Labute approximate surface area is 219 Å². The fourth-order valence-corrected chi connectivity index (χ4v) is 5.38. The third-order valence-electron chi connectivity index (χ3n) is 7.02. The number of rotatable bonds is 6. The van der Waals surface area contributed by atoms with E-state index in [2.05, 4.69) is 17.4 Å². The molecular formula is C29H25ClN2O5. The fraction of sp³-hybridized carbons (Fsp3) is 0.241. The smallest absolute Gasteiger partial charge is 0.338 e. The number of carbonyl (C=O) groups excluding carboxylic acids is 4. The van der Waals surface area contributed by atoms with Gasteiger partial charge in [0.1, 0.15) is 0 Å². The molecular weight excluding hydrogens is 492 g/mol. The maximum atomic E-state index is 13.3. The van der Waals surface area contributed by atoms with E-state index in [0.29, 0.717) is 29.2 Å². The lowest BCUT2D eigenvalue weighted by atomic mass is 9.73. The van der Waals surface area contributed by atoms with E-state index in [9.17, 15) is 19.2 Å². The number of fused-ring (bicyclic) bond motifs is 1. The number of para-hydroxylation sites is 1. The zero-order valence-corrected chi connectivity index (χ0v) is 20.7. The molecule has 1 aliphatic carbocycles. The van der Waals surface area contributed by atoms with Crippen molar-refractivity contribution in [2.75, 3.05) is 16.8 Å². The van der Waals surface area contributed by atoms with Crippen LogP contribution in [0, 0.1) is 11.8 Å². The topological polar surface area (TPSA) is 92.8 Å². The summed E-state index contributed by atoms with van der Waals surface area (Å²) < 4.78 is 5.15. The van der Waals surface area contributed by atoms with Gasteiger partial charge in [-0.3, -0.25) is 19.3 Å². The third-order valence-corrected chi connectivity index (χ3v) is 7.35. The summed E-state index contributed by atoms with van der Waals surface area (Å²) in [7, 11) is 0. The van der Waals surface area contributed by atoms with Crippen molar-refractivity contribution in [2.24, 2.45) is 11.8 Å². The summed E-state index contributed by atoms with van der Waals surface area (Å²) in [6, 6.07) is 23.0. The van der Waals surface area contributed by atoms with Gasteiger partial charge in [-0.05, 0) is 61.1 Å². The number of anilines is 2. The van der Waals surface area contributed by atoms with Gasteiger partial charge >= 0.3 is 5.97 Å². The van der Waals surface area contributed by atoms with Crippen molar-refractivity contribution in [1.82, 2.24) is 0 Å². The highest BCUT2D eigenvalue weighted by atomic mass is 35.5. The number of nitrogens with one attached hydrogen (secondary N) is 1. The molecule has 0 unspecified atom stereocenters. The molecule has 1 heterocycles. The lowest BCUT2D eigenvalue weighted by Crippen LogP contribution is -2.31. The van der Waals surface area contributed by atoms with Gasteiger partial charge in [-0.25, -0.2) is 4.79 Å². The molecule has 188 valence electrons. The van der Waals surface area contributed by atoms with E-state index in [1.54, 1.807) is 36.4 Å². The SMILES string of the molecule is O=C(COC(=O)c1cccc(N2C(=O)[C@@H]3CC[C@@H](c4ccccc4)C[C@H]3C2=O)c1)Nc1ccccc1Cl. The summed E-state index contributed by atoms with van der Waals surface area (Å²) in [5, 5.41) is 2.95. The van der Waals surface area contributed by atoms with E-state index in [1.807, 2.05) is 18.2 Å². The van der Waals surface area contributed by atoms with Crippen molar-refractivity contribution in [3.63, 3.8) is 0 Å². The van der Waals surface area contributed by atoms with Gasteiger partial charge in [0.25, 0.3) is 5.91 Å². The molecule has 0 bridgehead atoms. The van der Waals surface area contributed by atoms with Crippen LogP contribution in [0.4, 0.5) is 11.4 Å². The van der Waals surface area contributed by atoms with Crippen LogP contribution in [0.25, 0.3) is 0 Å². The van der Waals surface area contributed by atoms with Crippen LogP contribution in [0.5, 0.6) is 0 Å². The highest BCUT2D eigenvalue weighted by molar-refractivity contribution is 6.33. The largest absolute Gasteiger partial charge is 0.452 e. The molecule has 1 aliphatic heterocycles. The summed E-state index contributed by atoms with van der Waals surface area (Å²) in [6.45, 7) is -0.513. The molecule has 3 aromatic carbocycles. The molecule has 2 aliphatic rings. The van der Waals surface area contributed by atoms with E-state index >= 15 is 0 Å². The van der Waals surface area contributed by atoms with Crippen LogP contribution < -0.4 is 10.2 Å². The highest BCUT2D eigenvalue weighted by Crippen LogP contribution is 2.45. The van der Waals surface area contributed by atoms with E-state index in [1.165, 1.54) is 22.6 Å². The Balaban J connectivity index is 1.25. The van der Waals surface area contributed by atoms with E-state index < -0.39 is 18.5 Å². The molecule has 1 saturated heterocycles. The fourth-order valence-electron chi connectivity index (χ4n) is 5.20. The summed E-state index contributed by atoms with van der Waals surface area (Å²) in [6.07, 6.45) is 2.12. The van der Waals surface area contributed by atoms with Gasteiger partial charge in [0.2, 0.25) is 11.8 Å². The molecule has 2 fully saturated rings. The van der Waals surface area contributed by atoms with Crippen LogP contribution in [0.15, 0.2) is 78.9 Å². The van der Waals surface area contributed by atoms with Crippen molar-refractivity contribution in [3.8, 4) is 0 Å². The second-order valence-corrected chi connectivity index (χ2v) is 9.71. The molecule has 0 radical (unpaired) electrons. The predicted octanol–water partition coefficient (Wildman–Crippen LogP) is 5.21. The highest BCUT2D eigenvalue weighted by Gasteiger charge is 2.50. The van der Waals surface area contributed by atoms with Gasteiger partial charge in [0.05, 0.1) is 33.8 Å². The predicted molar refractivity (Wildman–Crippen MR) is 139 cm³/mol. The number of ether oxygens (including phenoxy) is 1. The number of carbonyl (C=O) groups is 4. The molecule has 7 nitrogen and oxygen atoms in total. The van der Waals surface area contributed by atoms with Crippen molar-refractivity contribution in [3.05, 3.63) is 95.0 Å². The van der Waals surface area contributed by atoms with E-state index in [-0.39, 0.29) is 35.1 Å². The maximum Gasteiger partial charge on any atom is 0.338 e. The molecule has 5 rings (SSSR count). The number of hydrogen-bond acceptors (Lipinski definition) is 5. The van der Waals surface area contributed by atoms with Gasteiger partial charge in [0.15, 0.2) is 6.61 Å². The minimum Gasteiger partial charge on any atom is -0.452 e. The van der Waals surface area contributed by atoms with Crippen LogP contribution in [0.2, 0.25) is 5.02 Å². The Morgan fingerprint density at radius 3 is 2.41 bits per heavy atom. The first-order valence-electron chi connectivity index (χ1n) is 12.2. The van der Waals surface area contributed by atoms with Crippen molar-refractivity contribution in [2.45, 2.75) is 25.2 Å². The number of nitrogens with zero attached hydrogens (tertiary/aromatic N) is 1. The van der Waals surface area contributed by atoms with E-state index in [0.717, 1.165) is 6.42 Å². The molecule has 3 atom stereocenters. The lowest BCUT2D eigenvalue weighted by molar-refractivity contribution is -0.122. The summed E-state index contributed by atoms with van der Waals surface area (Å²) >= 11 is 6.03. The Bertz CT molecular complexity index is 1360. The minimum absolute atomic E-state index is 0.140.